The van der Waals surface area contributed by atoms with Gasteiger partial charge in [-0.3, -0.25) is 9.59 Å². The average molecular weight is 409 g/mol. The molecule has 5 rings (SSSR count). The molecule has 0 bridgehead atoms. The lowest BCUT2D eigenvalue weighted by Crippen LogP contribution is -2.55. The second-order valence-electron chi connectivity index (χ2n) is 8.53. The topological polar surface area (TPSA) is 70.9 Å². The molecule has 0 saturated carbocycles. The summed E-state index contributed by atoms with van der Waals surface area (Å²) in [6.45, 7) is 2.07. The van der Waals surface area contributed by atoms with Gasteiger partial charge in [-0.05, 0) is 43.5 Å². The lowest BCUT2D eigenvalue weighted by atomic mass is 9.88. The van der Waals surface area contributed by atoms with E-state index < -0.39 is 5.54 Å². The molecule has 5 heterocycles. The van der Waals surface area contributed by atoms with Crippen molar-refractivity contribution in [3.63, 3.8) is 0 Å². The average Bonchev–Trinajstić information content (AvgIpc) is 3.51. The van der Waals surface area contributed by atoms with E-state index in [2.05, 4.69) is 20.5 Å². The molecule has 30 heavy (non-hydrogen) atoms. The van der Waals surface area contributed by atoms with Crippen LogP contribution >= 0.6 is 0 Å². The van der Waals surface area contributed by atoms with E-state index in [4.69, 9.17) is 4.74 Å². The van der Waals surface area contributed by atoms with Crippen LogP contribution in [-0.2, 0) is 19.9 Å². The van der Waals surface area contributed by atoms with Crippen LogP contribution in [-0.4, -0.2) is 77.6 Å². The minimum Gasteiger partial charge on any atom is -0.368 e. The van der Waals surface area contributed by atoms with E-state index in [-0.39, 0.29) is 24.5 Å². The van der Waals surface area contributed by atoms with Gasteiger partial charge >= 0.3 is 0 Å². The van der Waals surface area contributed by atoms with E-state index in [1.165, 1.54) is 0 Å². The fourth-order valence-corrected chi connectivity index (χ4v) is 5.00. The van der Waals surface area contributed by atoms with Crippen molar-refractivity contribution < 1.29 is 14.3 Å². The van der Waals surface area contributed by atoms with Gasteiger partial charge < -0.3 is 24.0 Å². The van der Waals surface area contributed by atoms with Crippen LogP contribution in [0.15, 0.2) is 36.7 Å². The van der Waals surface area contributed by atoms with Crippen LogP contribution in [0.1, 0.15) is 25.0 Å². The Hall–Kier alpha value is -2.87. The molecule has 3 aliphatic rings. The summed E-state index contributed by atoms with van der Waals surface area (Å²) < 4.78 is 7.76. The highest BCUT2D eigenvalue weighted by Crippen LogP contribution is 2.47. The number of hydrogen-bond donors (Lipinski definition) is 0. The Morgan fingerprint density at radius 1 is 1.30 bits per heavy atom. The van der Waals surface area contributed by atoms with E-state index in [1.54, 1.807) is 25.2 Å². The number of ether oxygens (including phenoxy) is 1. The highest BCUT2D eigenvalue weighted by atomic mass is 16.5. The van der Waals surface area contributed by atoms with E-state index >= 15 is 0 Å². The van der Waals surface area contributed by atoms with Gasteiger partial charge in [0.25, 0.3) is 5.91 Å². The van der Waals surface area contributed by atoms with Gasteiger partial charge in [0.2, 0.25) is 5.91 Å². The maximum absolute atomic E-state index is 13.1. The minimum atomic E-state index is -0.473. The maximum Gasteiger partial charge on any atom is 0.251 e. The number of amides is 2. The molecule has 0 aliphatic carbocycles. The Kier molecular flexibility index (Phi) is 4.54. The number of carbonyl (C=O) groups is 2. The van der Waals surface area contributed by atoms with Gasteiger partial charge in [-0.1, -0.05) is 0 Å². The van der Waals surface area contributed by atoms with Crippen LogP contribution in [0.4, 0.5) is 5.69 Å². The summed E-state index contributed by atoms with van der Waals surface area (Å²) in [5.41, 5.74) is 1.52. The summed E-state index contributed by atoms with van der Waals surface area (Å²) >= 11 is 0. The first-order valence-electron chi connectivity index (χ1n) is 10.5. The SMILES string of the molecule is CN(C)C(=O)CN1c2cccnc2-n2cccc2[C@]12CCN(C(=O)[C@H]1CCCO1)C2. The van der Waals surface area contributed by atoms with Crippen molar-refractivity contribution in [1.82, 2.24) is 19.4 Å². The van der Waals surface area contributed by atoms with E-state index in [0.29, 0.717) is 19.7 Å². The zero-order chi connectivity index (χ0) is 20.9. The molecule has 3 aliphatic heterocycles. The van der Waals surface area contributed by atoms with Crippen LogP contribution in [0.2, 0.25) is 0 Å². The van der Waals surface area contributed by atoms with Gasteiger partial charge in [-0.25, -0.2) is 4.98 Å². The maximum atomic E-state index is 13.1. The summed E-state index contributed by atoms with van der Waals surface area (Å²) in [6.07, 6.45) is 5.92. The molecule has 0 aromatic carbocycles. The summed E-state index contributed by atoms with van der Waals surface area (Å²) in [5.74, 6) is 0.907. The highest BCUT2D eigenvalue weighted by molar-refractivity contribution is 5.85. The van der Waals surface area contributed by atoms with Crippen molar-refractivity contribution >= 4 is 17.5 Å². The number of fused-ring (bicyclic) bond motifs is 4. The number of aromatic nitrogens is 2. The second-order valence-corrected chi connectivity index (χ2v) is 8.53. The van der Waals surface area contributed by atoms with Crippen molar-refractivity contribution in [2.45, 2.75) is 30.9 Å². The van der Waals surface area contributed by atoms with Crippen LogP contribution in [0, 0.1) is 0 Å². The number of carbonyl (C=O) groups excluding carboxylic acids is 2. The molecule has 158 valence electrons. The zero-order valence-electron chi connectivity index (χ0n) is 17.5. The van der Waals surface area contributed by atoms with Gasteiger partial charge in [-0.2, -0.15) is 0 Å². The normalized spacial score (nSPS) is 24.8. The molecule has 2 atom stereocenters. The number of hydrogen-bond acceptors (Lipinski definition) is 5. The molecule has 1 spiro atoms. The minimum absolute atomic E-state index is 0.0214. The molecule has 2 fully saturated rings. The summed E-state index contributed by atoms with van der Waals surface area (Å²) in [5, 5.41) is 0. The fraction of sp³-hybridized carbons (Fsp3) is 0.500. The van der Waals surface area contributed by atoms with E-state index in [9.17, 15) is 9.59 Å². The molecule has 2 saturated heterocycles. The van der Waals surface area contributed by atoms with Gasteiger partial charge in [0.05, 0.1) is 17.9 Å². The first kappa shape index (κ1) is 19.1. The molecule has 8 heteroatoms. The standard InChI is InChI=1S/C22H27N5O3/c1-24(2)19(28)14-27-16-6-3-10-23-20(16)26-11-4-8-18(26)22(27)9-12-25(15-22)21(29)17-7-5-13-30-17/h3-4,6,8,10-11,17H,5,7,9,12-15H2,1-2H3/t17-,22-/m1/s1. The van der Waals surface area contributed by atoms with Gasteiger partial charge in [0, 0.05) is 46.2 Å². The third-order valence-electron chi connectivity index (χ3n) is 6.58. The number of rotatable bonds is 3. The largest absolute Gasteiger partial charge is 0.368 e. The van der Waals surface area contributed by atoms with Crippen molar-refractivity contribution in [2.75, 3.05) is 45.2 Å². The molecular weight excluding hydrogens is 382 g/mol. The summed E-state index contributed by atoms with van der Waals surface area (Å²) in [6, 6.07) is 8.01. The first-order chi connectivity index (χ1) is 14.5. The van der Waals surface area contributed by atoms with Crippen molar-refractivity contribution in [3.05, 3.63) is 42.4 Å². The molecule has 2 aromatic rings. The quantitative estimate of drug-likeness (QED) is 0.766. The molecule has 8 nitrogen and oxygen atoms in total. The van der Waals surface area contributed by atoms with Crippen molar-refractivity contribution in [1.29, 1.82) is 0 Å². The zero-order valence-corrected chi connectivity index (χ0v) is 17.5. The number of nitrogens with zero attached hydrogens (tertiary/aromatic N) is 5. The third kappa shape index (κ3) is 2.81. The van der Waals surface area contributed by atoms with Crippen LogP contribution in [0.25, 0.3) is 5.82 Å². The number of likely N-dealkylation sites (tertiary alicyclic amines) is 1. The van der Waals surface area contributed by atoms with Gasteiger partial charge in [-0.15, -0.1) is 0 Å². The van der Waals surface area contributed by atoms with Crippen molar-refractivity contribution in [3.8, 4) is 5.82 Å². The third-order valence-corrected chi connectivity index (χ3v) is 6.58. The summed E-state index contributed by atoms with van der Waals surface area (Å²) in [4.78, 5) is 36.2. The molecular formula is C22H27N5O3. The van der Waals surface area contributed by atoms with E-state index in [1.807, 2.05) is 29.3 Å². The van der Waals surface area contributed by atoms with Crippen LogP contribution in [0.5, 0.6) is 0 Å². The molecule has 2 aromatic heterocycles. The Morgan fingerprint density at radius 3 is 2.93 bits per heavy atom. The number of pyridine rings is 1. The Bertz CT molecular complexity index is 981. The number of likely N-dealkylation sites (N-methyl/N-ethyl adjacent to an activating group) is 1. The molecule has 0 unspecified atom stereocenters. The lowest BCUT2D eigenvalue weighted by molar-refractivity contribution is -0.140. The van der Waals surface area contributed by atoms with Gasteiger partial charge in [0.15, 0.2) is 5.82 Å². The van der Waals surface area contributed by atoms with Gasteiger partial charge in [0.1, 0.15) is 11.6 Å². The fourth-order valence-electron chi connectivity index (χ4n) is 5.00. The second kappa shape index (κ2) is 7.12. The molecule has 0 radical (unpaired) electrons. The smallest absolute Gasteiger partial charge is 0.251 e. The Balaban J connectivity index is 1.57. The van der Waals surface area contributed by atoms with Crippen LogP contribution in [0.3, 0.4) is 0 Å². The Morgan fingerprint density at radius 2 is 2.17 bits per heavy atom. The number of anilines is 1. The monoisotopic (exact) mass is 409 g/mol. The Labute approximate surface area is 176 Å². The highest BCUT2D eigenvalue weighted by Gasteiger charge is 2.52. The molecule has 0 N–H and O–H groups in total. The predicted octanol–water partition coefficient (Wildman–Crippen LogP) is 1.39. The van der Waals surface area contributed by atoms with Crippen LogP contribution < -0.4 is 4.90 Å². The molecule has 2 amide bonds. The van der Waals surface area contributed by atoms with Crippen molar-refractivity contribution in [2.24, 2.45) is 0 Å². The lowest BCUT2D eigenvalue weighted by Gasteiger charge is -2.47. The summed E-state index contributed by atoms with van der Waals surface area (Å²) in [7, 11) is 3.54. The predicted molar refractivity (Wildman–Crippen MR) is 111 cm³/mol. The van der Waals surface area contributed by atoms with E-state index in [0.717, 1.165) is 36.5 Å². The first-order valence-corrected chi connectivity index (χ1v) is 10.5.